The number of para-hydroxylation sites is 1. The van der Waals surface area contributed by atoms with Gasteiger partial charge in [-0.05, 0) is 47.4 Å². The normalized spacial score (nSPS) is 11.3. The van der Waals surface area contributed by atoms with E-state index in [2.05, 4.69) is 71.1 Å². The summed E-state index contributed by atoms with van der Waals surface area (Å²) in [6.07, 6.45) is 0. The van der Waals surface area contributed by atoms with E-state index in [4.69, 9.17) is 19.4 Å². The second-order valence-corrected chi connectivity index (χ2v) is 9.89. The van der Waals surface area contributed by atoms with Gasteiger partial charge in [0, 0.05) is 32.1 Å². The first-order chi connectivity index (χ1) is 18.5. The first kappa shape index (κ1) is 25.4. The molecule has 5 rings (SSSR count). The molecule has 3 aromatic carbocycles. The largest absolute Gasteiger partial charge is 0.497 e. The van der Waals surface area contributed by atoms with Crippen molar-refractivity contribution in [2.75, 3.05) is 31.5 Å². The zero-order valence-corrected chi connectivity index (χ0v) is 22.7. The highest BCUT2D eigenvalue weighted by Crippen LogP contribution is 2.35. The summed E-state index contributed by atoms with van der Waals surface area (Å²) in [5.41, 5.74) is 5.29. The van der Waals surface area contributed by atoms with Crippen molar-refractivity contribution in [1.82, 2.24) is 14.5 Å². The van der Waals surface area contributed by atoms with Crippen LogP contribution in [-0.2, 0) is 19.6 Å². The van der Waals surface area contributed by atoms with E-state index < -0.39 is 0 Å². The number of hydrogen-bond acceptors (Lipinski definition) is 6. The van der Waals surface area contributed by atoms with Crippen LogP contribution >= 0.6 is 0 Å². The first-order valence-electron chi connectivity index (χ1n) is 13.0. The van der Waals surface area contributed by atoms with Crippen LogP contribution in [-0.4, -0.2) is 35.8 Å². The molecule has 0 bridgehead atoms. The fourth-order valence-corrected chi connectivity index (χ4v) is 4.88. The summed E-state index contributed by atoms with van der Waals surface area (Å²) >= 11 is 0. The average molecular weight is 510 g/mol. The SMILES string of the molecule is CNc1nc2c(N(Cc3ccc(OC)cc3)Cc3ccc(OC)cc3)nc3ccccc3c2n1CC(C)C. The minimum absolute atomic E-state index is 0.463. The Morgan fingerprint density at radius 1 is 0.816 bits per heavy atom. The fraction of sp³-hybridized carbons (Fsp3) is 0.290. The van der Waals surface area contributed by atoms with Gasteiger partial charge >= 0.3 is 0 Å². The van der Waals surface area contributed by atoms with Gasteiger partial charge in [-0.1, -0.05) is 56.3 Å². The zero-order valence-electron chi connectivity index (χ0n) is 22.7. The minimum atomic E-state index is 0.463. The van der Waals surface area contributed by atoms with Gasteiger partial charge in [-0.2, -0.15) is 0 Å². The number of hydrogen-bond donors (Lipinski definition) is 1. The van der Waals surface area contributed by atoms with Gasteiger partial charge in [-0.25, -0.2) is 9.97 Å². The van der Waals surface area contributed by atoms with Crippen molar-refractivity contribution >= 4 is 33.7 Å². The summed E-state index contributed by atoms with van der Waals surface area (Å²) < 4.78 is 13.1. The van der Waals surface area contributed by atoms with Gasteiger partial charge in [0.1, 0.15) is 17.0 Å². The molecule has 7 nitrogen and oxygen atoms in total. The van der Waals surface area contributed by atoms with E-state index in [0.29, 0.717) is 19.0 Å². The molecular formula is C31H35N5O2. The van der Waals surface area contributed by atoms with Crippen LogP contribution < -0.4 is 19.7 Å². The van der Waals surface area contributed by atoms with Gasteiger partial charge in [0.05, 0.1) is 25.3 Å². The number of fused-ring (bicyclic) bond motifs is 3. The van der Waals surface area contributed by atoms with Gasteiger partial charge in [-0.15, -0.1) is 0 Å². The molecule has 0 fully saturated rings. The van der Waals surface area contributed by atoms with Crippen LogP contribution in [0.4, 0.5) is 11.8 Å². The second-order valence-electron chi connectivity index (χ2n) is 9.89. The molecule has 0 aliphatic heterocycles. The molecule has 2 heterocycles. The Kier molecular flexibility index (Phi) is 7.36. The Morgan fingerprint density at radius 2 is 1.39 bits per heavy atom. The van der Waals surface area contributed by atoms with Gasteiger partial charge in [-0.3, -0.25) is 0 Å². The summed E-state index contributed by atoms with van der Waals surface area (Å²) in [5, 5.41) is 4.43. The molecule has 1 N–H and O–H groups in total. The number of nitrogens with one attached hydrogen (secondary N) is 1. The average Bonchev–Trinajstić information content (AvgIpc) is 3.31. The summed E-state index contributed by atoms with van der Waals surface area (Å²) in [6.45, 7) is 6.66. The van der Waals surface area contributed by atoms with E-state index in [1.807, 2.05) is 37.4 Å². The second kappa shape index (κ2) is 11.0. The van der Waals surface area contributed by atoms with Crippen LogP contribution in [0.15, 0.2) is 72.8 Å². The molecule has 0 unspecified atom stereocenters. The Morgan fingerprint density at radius 3 is 1.92 bits per heavy atom. The number of pyridine rings is 1. The van der Waals surface area contributed by atoms with Crippen molar-refractivity contribution in [2.45, 2.75) is 33.5 Å². The van der Waals surface area contributed by atoms with Crippen molar-refractivity contribution in [2.24, 2.45) is 5.92 Å². The van der Waals surface area contributed by atoms with Gasteiger partial charge < -0.3 is 24.3 Å². The summed E-state index contributed by atoms with van der Waals surface area (Å²) in [5.74, 6) is 3.86. The van der Waals surface area contributed by atoms with Crippen LogP contribution in [0.3, 0.4) is 0 Å². The van der Waals surface area contributed by atoms with Crippen molar-refractivity contribution in [1.29, 1.82) is 0 Å². The summed E-state index contributed by atoms with van der Waals surface area (Å²) in [4.78, 5) is 12.6. The van der Waals surface area contributed by atoms with Gasteiger partial charge in [0.25, 0.3) is 0 Å². The van der Waals surface area contributed by atoms with Gasteiger partial charge in [0.15, 0.2) is 5.82 Å². The van der Waals surface area contributed by atoms with E-state index in [1.165, 1.54) is 0 Å². The first-order valence-corrected chi connectivity index (χ1v) is 13.0. The topological polar surface area (TPSA) is 64.4 Å². The van der Waals surface area contributed by atoms with Crippen LogP contribution in [0.2, 0.25) is 0 Å². The monoisotopic (exact) mass is 509 g/mol. The minimum Gasteiger partial charge on any atom is -0.497 e. The van der Waals surface area contributed by atoms with E-state index >= 15 is 0 Å². The predicted octanol–water partition coefficient (Wildman–Crippen LogP) is 6.51. The van der Waals surface area contributed by atoms with E-state index in [1.54, 1.807) is 14.2 Å². The molecular weight excluding hydrogens is 474 g/mol. The Labute approximate surface area is 224 Å². The van der Waals surface area contributed by atoms with Crippen molar-refractivity contribution in [3.8, 4) is 11.5 Å². The van der Waals surface area contributed by atoms with Crippen molar-refractivity contribution in [3.05, 3.63) is 83.9 Å². The Balaban J connectivity index is 1.69. The standard InChI is InChI=1S/C31H35N5O2/c1-21(2)18-36-29-26-8-6-7-9-27(26)33-30(28(29)34-31(36)32-3)35(19-22-10-14-24(37-4)15-11-22)20-23-12-16-25(38-5)17-13-23/h6-17,21H,18-20H2,1-5H3,(H,32,34). The lowest BCUT2D eigenvalue weighted by molar-refractivity contribution is 0.414. The number of benzene rings is 3. The van der Waals surface area contributed by atoms with Gasteiger partial charge in [0.2, 0.25) is 5.95 Å². The predicted molar refractivity (Wildman–Crippen MR) is 155 cm³/mol. The number of nitrogens with zero attached hydrogens (tertiary/aromatic N) is 4. The lowest BCUT2D eigenvalue weighted by atomic mass is 10.1. The number of imidazole rings is 1. The maximum atomic E-state index is 5.38. The molecule has 0 aliphatic carbocycles. The lowest BCUT2D eigenvalue weighted by Gasteiger charge is -2.25. The van der Waals surface area contributed by atoms with Crippen LogP contribution in [0.25, 0.3) is 21.9 Å². The molecule has 0 amide bonds. The number of anilines is 2. The van der Waals surface area contributed by atoms with Crippen LogP contribution in [0, 0.1) is 5.92 Å². The molecule has 5 aromatic rings. The number of ether oxygens (including phenoxy) is 2. The van der Waals surface area contributed by atoms with Crippen LogP contribution in [0.1, 0.15) is 25.0 Å². The van der Waals surface area contributed by atoms with E-state index in [9.17, 15) is 0 Å². The molecule has 0 saturated carbocycles. The third-order valence-electron chi connectivity index (χ3n) is 6.70. The molecule has 7 heteroatoms. The number of methoxy groups -OCH3 is 2. The molecule has 0 aliphatic rings. The zero-order chi connectivity index (χ0) is 26.6. The highest BCUT2D eigenvalue weighted by molar-refractivity contribution is 6.08. The smallest absolute Gasteiger partial charge is 0.203 e. The van der Waals surface area contributed by atoms with Crippen LogP contribution in [0.5, 0.6) is 11.5 Å². The maximum absolute atomic E-state index is 5.38. The number of rotatable bonds is 10. The highest BCUT2D eigenvalue weighted by atomic mass is 16.5. The molecule has 0 radical (unpaired) electrons. The molecule has 0 atom stereocenters. The molecule has 0 saturated heterocycles. The third-order valence-corrected chi connectivity index (χ3v) is 6.70. The quantitative estimate of drug-likeness (QED) is 0.232. The maximum Gasteiger partial charge on any atom is 0.203 e. The lowest BCUT2D eigenvalue weighted by Crippen LogP contribution is -2.23. The van der Waals surface area contributed by atoms with Crippen molar-refractivity contribution in [3.63, 3.8) is 0 Å². The number of aromatic nitrogens is 3. The molecule has 2 aromatic heterocycles. The Bertz CT molecular complexity index is 1480. The molecule has 196 valence electrons. The third kappa shape index (κ3) is 5.09. The summed E-state index contributed by atoms with van der Waals surface area (Å²) in [6, 6.07) is 24.8. The highest BCUT2D eigenvalue weighted by Gasteiger charge is 2.22. The fourth-order valence-electron chi connectivity index (χ4n) is 4.88. The summed E-state index contributed by atoms with van der Waals surface area (Å²) in [7, 11) is 5.31. The van der Waals surface area contributed by atoms with E-state index in [-0.39, 0.29) is 0 Å². The molecule has 0 spiro atoms. The van der Waals surface area contributed by atoms with Crippen molar-refractivity contribution < 1.29 is 9.47 Å². The Hall–Kier alpha value is -4.26. The molecule has 38 heavy (non-hydrogen) atoms. The van der Waals surface area contributed by atoms with E-state index in [0.717, 1.165) is 62.9 Å².